The minimum absolute atomic E-state index is 0. The minimum Gasteiger partial charge on any atom is -1.00 e. The van der Waals surface area contributed by atoms with Gasteiger partial charge in [-0.25, -0.2) is 0 Å². The lowest BCUT2D eigenvalue weighted by Gasteiger charge is -2.36. The van der Waals surface area contributed by atoms with Crippen LogP contribution in [0, 0.1) is 5.92 Å². The number of hydrogen-bond donors (Lipinski definition) is 2. The molecule has 0 saturated heterocycles. The Kier molecular flexibility index (Phi) is 8.10. The molecule has 4 rings (SSSR count). The van der Waals surface area contributed by atoms with E-state index in [1.807, 2.05) is 58.9 Å². The number of quaternary nitrogens is 1. The van der Waals surface area contributed by atoms with Gasteiger partial charge in [0.15, 0.2) is 12.0 Å². The second-order valence-electron chi connectivity index (χ2n) is 10.2. The van der Waals surface area contributed by atoms with Crippen molar-refractivity contribution < 1.29 is 36.5 Å². The molecule has 3 N–H and O–H groups in total. The van der Waals surface area contributed by atoms with E-state index in [1.54, 1.807) is 17.9 Å². The van der Waals surface area contributed by atoms with Crippen molar-refractivity contribution in [2.24, 2.45) is 10.9 Å². The fourth-order valence-corrected chi connectivity index (χ4v) is 4.09. The number of halogens is 1. The van der Waals surface area contributed by atoms with E-state index in [4.69, 9.17) is 4.42 Å². The number of nitrogens with zero attached hydrogens (tertiary/aromatic N) is 4. The van der Waals surface area contributed by atoms with Crippen LogP contribution in [0.1, 0.15) is 62.3 Å². The second-order valence-corrected chi connectivity index (χ2v) is 10.2. The Morgan fingerprint density at radius 2 is 1.83 bits per heavy atom. The number of aromatic nitrogens is 2. The lowest BCUT2D eigenvalue weighted by Crippen LogP contribution is -3.00. The summed E-state index contributed by atoms with van der Waals surface area (Å²) >= 11 is 0. The maximum atomic E-state index is 13.6. The van der Waals surface area contributed by atoms with Gasteiger partial charge in [0.05, 0.1) is 6.04 Å². The van der Waals surface area contributed by atoms with Crippen molar-refractivity contribution in [2.45, 2.75) is 65.1 Å². The number of aliphatic imine (C=N–C) groups is 1. The summed E-state index contributed by atoms with van der Waals surface area (Å²) in [6, 6.07) is 6.04. The molecule has 0 spiro atoms. The first-order chi connectivity index (χ1) is 16.6. The molecule has 2 aliphatic heterocycles. The van der Waals surface area contributed by atoms with Crippen LogP contribution in [-0.2, 0) is 28.0 Å². The van der Waals surface area contributed by atoms with Crippen LogP contribution in [-0.4, -0.2) is 51.1 Å². The maximum absolute atomic E-state index is 13.6. The molecule has 2 aromatic rings. The van der Waals surface area contributed by atoms with E-state index in [9.17, 15) is 14.4 Å². The van der Waals surface area contributed by atoms with Gasteiger partial charge in [-0.1, -0.05) is 58.9 Å². The molecule has 1 aromatic carbocycles. The number of amides is 2. The Balaban J connectivity index is 0.00000361. The molecule has 36 heavy (non-hydrogen) atoms. The zero-order valence-corrected chi connectivity index (χ0v) is 21.7. The third-order valence-corrected chi connectivity index (χ3v) is 6.11. The highest BCUT2D eigenvalue weighted by molar-refractivity contribution is 6.01. The van der Waals surface area contributed by atoms with Crippen molar-refractivity contribution in [3.8, 4) is 0 Å². The smallest absolute Gasteiger partial charge is 0.286 e. The first-order valence-corrected chi connectivity index (χ1v) is 11.7. The summed E-state index contributed by atoms with van der Waals surface area (Å²) in [5.74, 6) is -1.24. The SMILES string of the molecule is CC(C)[C@H](NC(=O)[C@@H]1Cc2ccccc2CN1C(=O)C1=C[NH2+]C=N1)C(=O)c1nnc(C(C)(C)C)o1.[Cl-]. The lowest BCUT2D eigenvalue weighted by atomic mass is 9.92. The highest BCUT2D eigenvalue weighted by atomic mass is 35.5. The maximum Gasteiger partial charge on any atom is 0.286 e. The molecule has 3 heterocycles. The molecule has 2 aliphatic rings. The van der Waals surface area contributed by atoms with Gasteiger partial charge in [-0.15, -0.1) is 10.2 Å². The number of ketones is 1. The van der Waals surface area contributed by atoms with Gasteiger partial charge in [0.1, 0.15) is 12.2 Å². The summed E-state index contributed by atoms with van der Waals surface area (Å²) in [4.78, 5) is 45.7. The van der Waals surface area contributed by atoms with Gasteiger partial charge in [0.25, 0.3) is 11.8 Å². The van der Waals surface area contributed by atoms with Crippen molar-refractivity contribution in [1.82, 2.24) is 20.4 Å². The molecule has 2 amide bonds. The monoisotopic (exact) mass is 514 g/mol. The van der Waals surface area contributed by atoms with E-state index >= 15 is 0 Å². The van der Waals surface area contributed by atoms with Gasteiger partial charge < -0.3 is 27.0 Å². The van der Waals surface area contributed by atoms with Crippen molar-refractivity contribution in [3.05, 3.63) is 59.1 Å². The van der Waals surface area contributed by atoms with Crippen LogP contribution in [0.2, 0.25) is 0 Å². The molecule has 11 heteroatoms. The average Bonchev–Trinajstić information content (AvgIpc) is 3.53. The minimum atomic E-state index is -0.887. The molecule has 0 unspecified atom stereocenters. The van der Waals surface area contributed by atoms with Crippen LogP contribution in [0.4, 0.5) is 0 Å². The van der Waals surface area contributed by atoms with Crippen molar-refractivity contribution >= 4 is 23.9 Å². The Hall–Kier alpha value is -3.37. The Morgan fingerprint density at radius 3 is 2.42 bits per heavy atom. The fraction of sp³-hybridized carbons (Fsp3) is 0.440. The predicted molar refractivity (Wildman–Crippen MR) is 127 cm³/mol. The summed E-state index contributed by atoms with van der Waals surface area (Å²) in [6.45, 7) is 9.66. The van der Waals surface area contributed by atoms with Crippen LogP contribution in [0.5, 0.6) is 0 Å². The van der Waals surface area contributed by atoms with Crippen molar-refractivity contribution in [2.75, 3.05) is 0 Å². The van der Waals surface area contributed by atoms with Gasteiger partial charge in [-0.3, -0.25) is 19.7 Å². The van der Waals surface area contributed by atoms with Gasteiger partial charge in [-0.2, -0.15) is 4.99 Å². The third kappa shape index (κ3) is 5.55. The molecule has 192 valence electrons. The van der Waals surface area contributed by atoms with Gasteiger partial charge in [0.2, 0.25) is 17.6 Å². The zero-order valence-electron chi connectivity index (χ0n) is 21.0. The summed E-state index contributed by atoms with van der Waals surface area (Å²) in [6.07, 6.45) is 3.51. The lowest BCUT2D eigenvalue weighted by molar-refractivity contribution is -0.447. The Labute approximate surface area is 216 Å². The average molecular weight is 515 g/mol. The Bertz CT molecular complexity index is 1210. The molecule has 0 radical (unpaired) electrons. The molecule has 0 aliphatic carbocycles. The number of nitrogens with one attached hydrogen (secondary N) is 1. The quantitative estimate of drug-likeness (QED) is 0.432. The second kappa shape index (κ2) is 10.7. The van der Waals surface area contributed by atoms with E-state index in [0.29, 0.717) is 12.3 Å². The molecule has 2 atom stereocenters. The van der Waals surface area contributed by atoms with Crippen LogP contribution in [0.15, 0.2) is 45.6 Å². The highest BCUT2D eigenvalue weighted by Crippen LogP contribution is 2.26. The van der Waals surface area contributed by atoms with Crippen molar-refractivity contribution in [3.63, 3.8) is 0 Å². The predicted octanol–water partition coefficient (Wildman–Crippen LogP) is -1.91. The number of carbonyl (C=O) groups excluding carboxylic acids is 3. The first kappa shape index (κ1) is 27.2. The number of fused-ring (bicyclic) bond motifs is 1. The summed E-state index contributed by atoms with van der Waals surface area (Å²) < 4.78 is 5.63. The van der Waals surface area contributed by atoms with E-state index in [1.165, 1.54) is 4.90 Å². The number of benzene rings is 1. The van der Waals surface area contributed by atoms with E-state index in [0.717, 1.165) is 11.1 Å². The molecular formula is C25H31ClN6O4. The molecule has 0 fully saturated rings. The molecule has 0 bridgehead atoms. The molecule has 1 aromatic heterocycles. The number of Topliss-reactive ketones (excluding diaryl/α,β-unsaturated/α-hetero) is 1. The van der Waals surface area contributed by atoms with Crippen LogP contribution >= 0.6 is 0 Å². The first-order valence-electron chi connectivity index (χ1n) is 11.7. The molecule has 10 nitrogen and oxygen atoms in total. The molecular weight excluding hydrogens is 484 g/mol. The normalized spacial score (nSPS) is 17.8. The van der Waals surface area contributed by atoms with Gasteiger partial charge >= 0.3 is 0 Å². The van der Waals surface area contributed by atoms with E-state index < -0.39 is 29.2 Å². The number of nitrogens with two attached hydrogens (primary N) is 1. The fourth-order valence-electron chi connectivity index (χ4n) is 4.09. The largest absolute Gasteiger partial charge is 1.00 e. The van der Waals surface area contributed by atoms with Crippen LogP contribution < -0.4 is 23.0 Å². The Morgan fingerprint density at radius 1 is 1.14 bits per heavy atom. The number of carbonyl (C=O) groups is 3. The standard InChI is InChI=1S/C25H30N6O4.ClH/c1-14(2)19(20(32)22-29-30-24(35-22)25(3,4)5)28-21(33)18-10-15-8-6-7-9-16(15)12-31(18)23(34)17-11-26-13-27-17;/h6-9,11,13-14,18-19H,10,12H2,1-5H3,(H,26,27)(H,28,33);1H/t18-,19-;/m0./s1. The van der Waals surface area contributed by atoms with Crippen LogP contribution in [0.25, 0.3) is 0 Å². The van der Waals surface area contributed by atoms with Gasteiger partial charge in [0, 0.05) is 18.4 Å². The van der Waals surface area contributed by atoms with E-state index in [-0.39, 0.29) is 42.4 Å². The third-order valence-electron chi connectivity index (χ3n) is 6.11. The van der Waals surface area contributed by atoms with Crippen LogP contribution in [0.3, 0.4) is 0 Å². The highest BCUT2D eigenvalue weighted by Gasteiger charge is 2.39. The number of rotatable bonds is 6. The topological polar surface area (TPSA) is 134 Å². The van der Waals surface area contributed by atoms with Crippen molar-refractivity contribution in [1.29, 1.82) is 0 Å². The molecule has 0 saturated carbocycles. The number of hydrogen-bond acceptors (Lipinski definition) is 7. The zero-order chi connectivity index (χ0) is 25.3. The van der Waals surface area contributed by atoms with Gasteiger partial charge in [-0.05, 0) is 17.0 Å². The summed E-state index contributed by atoms with van der Waals surface area (Å²) in [7, 11) is 0. The summed E-state index contributed by atoms with van der Waals surface area (Å²) in [5, 5.41) is 12.5. The van der Waals surface area contributed by atoms with E-state index in [2.05, 4.69) is 20.5 Å². The summed E-state index contributed by atoms with van der Waals surface area (Å²) in [5.41, 5.74) is 1.84.